The molecule has 1 aliphatic carbocycles. The summed E-state index contributed by atoms with van der Waals surface area (Å²) in [5, 5.41) is 16.0. The second-order valence-electron chi connectivity index (χ2n) is 6.54. The lowest BCUT2D eigenvalue weighted by molar-refractivity contribution is -0.384. The first-order valence-electron chi connectivity index (χ1n) is 9.15. The van der Waals surface area contributed by atoms with E-state index in [2.05, 4.69) is 10.6 Å². The first-order chi connectivity index (χ1) is 14.4. The van der Waals surface area contributed by atoms with E-state index in [1.54, 1.807) is 24.3 Å². The topological polar surface area (TPSA) is 137 Å². The number of anilines is 1. The number of ether oxygens (including phenoxy) is 2. The summed E-state index contributed by atoms with van der Waals surface area (Å²) < 4.78 is 10.0. The van der Waals surface area contributed by atoms with Crippen molar-refractivity contribution in [2.75, 3.05) is 18.5 Å². The smallest absolute Gasteiger partial charge is 0.344 e. The third-order valence-corrected chi connectivity index (χ3v) is 4.13. The van der Waals surface area contributed by atoms with Crippen LogP contribution in [0, 0.1) is 10.1 Å². The number of benzene rings is 2. The average Bonchev–Trinajstić information content (AvgIpc) is 3.55. The van der Waals surface area contributed by atoms with E-state index in [9.17, 15) is 24.5 Å². The zero-order valence-corrected chi connectivity index (χ0v) is 15.8. The fourth-order valence-corrected chi connectivity index (χ4v) is 2.46. The monoisotopic (exact) mass is 413 g/mol. The molecule has 1 fully saturated rings. The molecule has 10 heteroatoms. The Bertz CT molecular complexity index is 955. The number of carbonyl (C=O) groups is 3. The lowest BCUT2D eigenvalue weighted by Crippen LogP contribution is -2.28. The molecule has 0 spiro atoms. The molecule has 2 aromatic rings. The second-order valence-corrected chi connectivity index (χ2v) is 6.54. The van der Waals surface area contributed by atoms with E-state index in [4.69, 9.17) is 9.47 Å². The molecule has 30 heavy (non-hydrogen) atoms. The minimum atomic E-state index is -0.789. The van der Waals surface area contributed by atoms with Crippen LogP contribution in [0.1, 0.15) is 23.2 Å². The van der Waals surface area contributed by atoms with Crippen LogP contribution in [0.15, 0.2) is 48.5 Å². The minimum absolute atomic E-state index is 0.104. The maximum Gasteiger partial charge on any atom is 0.344 e. The molecule has 0 saturated heterocycles. The zero-order valence-electron chi connectivity index (χ0n) is 15.8. The first-order valence-corrected chi connectivity index (χ1v) is 9.15. The Hall–Kier alpha value is -3.95. The van der Waals surface area contributed by atoms with Gasteiger partial charge in [-0.05, 0) is 37.1 Å². The Kier molecular flexibility index (Phi) is 6.58. The third kappa shape index (κ3) is 6.03. The molecular weight excluding hydrogens is 394 g/mol. The van der Waals surface area contributed by atoms with Gasteiger partial charge in [0.15, 0.2) is 13.2 Å². The summed E-state index contributed by atoms with van der Waals surface area (Å²) in [5.74, 6) is -1.42. The van der Waals surface area contributed by atoms with Crippen LogP contribution in [0.3, 0.4) is 0 Å². The van der Waals surface area contributed by atoms with E-state index in [0.717, 1.165) is 12.8 Å². The summed E-state index contributed by atoms with van der Waals surface area (Å²) in [6.45, 7) is -1.02. The van der Waals surface area contributed by atoms with Gasteiger partial charge in [0.05, 0.1) is 16.2 Å². The molecule has 0 aromatic heterocycles. The SMILES string of the molecule is O=C(COC(=O)COc1ccc([N+](=O)[O-])cc1)Nc1ccccc1C(=O)NC1CC1. The number of rotatable bonds is 9. The van der Waals surface area contributed by atoms with Gasteiger partial charge < -0.3 is 20.1 Å². The molecule has 0 aliphatic heterocycles. The van der Waals surface area contributed by atoms with E-state index < -0.39 is 30.0 Å². The highest BCUT2D eigenvalue weighted by molar-refractivity contribution is 6.04. The molecule has 1 saturated carbocycles. The van der Waals surface area contributed by atoms with Crippen LogP contribution in [0.2, 0.25) is 0 Å². The quantitative estimate of drug-likeness (QED) is 0.365. The van der Waals surface area contributed by atoms with Crippen molar-refractivity contribution in [3.05, 3.63) is 64.2 Å². The van der Waals surface area contributed by atoms with Crippen molar-refractivity contribution in [3.8, 4) is 5.75 Å². The van der Waals surface area contributed by atoms with Gasteiger partial charge in [-0.1, -0.05) is 12.1 Å². The number of non-ortho nitro benzene ring substituents is 1. The van der Waals surface area contributed by atoms with E-state index in [1.165, 1.54) is 24.3 Å². The molecule has 0 bridgehead atoms. The first kappa shape index (κ1) is 20.8. The van der Waals surface area contributed by atoms with Gasteiger partial charge in [0, 0.05) is 18.2 Å². The summed E-state index contributed by atoms with van der Waals surface area (Å²) in [6, 6.07) is 11.9. The fourth-order valence-electron chi connectivity index (χ4n) is 2.46. The number of hydrogen-bond donors (Lipinski definition) is 2. The molecule has 156 valence electrons. The average molecular weight is 413 g/mol. The molecule has 0 radical (unpaired) electrons. The van der Waals surface area contributed by atoms with Crippen molar-refractivity contribution in [3.63, 3.8) is 0 Å². The number of carbonyl (C=O) groups excluding carboxylic acids is 3. The van der Waals surface area contributed by atoms with Crippen LogP contribution < -0.4 is 15.4 Å². The van der Waals surface area contributed by atoms with Gasteiger partial charge in [0.1, 0.15) is 5.75 Å². The molecule has 0 heterocycles. The number of esters is 1. The van der Waals surface area contributed by atoms with Crippen LogP contribution in [0.25, 0.3) is 0 Å². The van der Waals surface area contributed by atoms with Crippen LogP contribution in [0.5, 0.6) is 5.75 Å². The third-order valence-electron chi connectivity index (χ3n) is 4.13. The normalized spacial score (nSPS) is 12.5. The van der Waals surface area contributed by atoms with Gasteiger partial charge in [0.25, 0.3) is 17.5 Å². The number of nitrogens with zero attached hydrogens (tertiary/aromatic N) is 1. The van der Waals surface area contributed by atoms with Crippen LogP contribution in [-0.4, -0.2) is 42.0 Å². The van der Waals surface area contributed by atoms with Gasteiger partial charge >= 0.3 is 5.97 Å². The van der Waals surface area contributed by atoms with Crippen molar-refractivity contribution >= 4 is 29.2 Å². The van der Waals surface area contributed by atoms with Crippen LogP contribution >= 0.6 is 0 Å². The van der Waals surface area contributed by atoms with Crippen LogP contribution in [0.4, 0.5) is 11.4 Å². The maximum absolute atomic E-state index is 12.2. The highest BCUT2D eigenvalue weighted by atomic mass is 16.6. The van der Waals surface area contributed by atoms with Crippen molar-refractivity contribution in [1.29, 1.82) is 0 Å². The lowest BCUT2D eigenvalue weighted by Gasteiger charge is -2.11. The van der Waals surface area contributed by atoms with E-state index in [1.807, 2.05) is 0 Å². The van der Waals surface area contributed by atoms with Gasteiger partial charge in [-0.3, -0.25) is 19.7 Å². The molecule has 2 N–H and O–H groups in total. The Balaban J connectivity index is 1.44. The van der Waals surface area contributed by atoms with Crippen molar-refractivity contribution < 1.29 is 28.8 Å². The van der Waals surface area contributed by atoms with E-state index in [0.29, 0.717) is 11.3 Å². The molecule has 2 aromatic carbocycles. The standard InChI is InChI=1S/C20H19N3O7/c24-18(22-17-4-2-1-3-16(17)20(26)21-13-5-6-13)11-30-19(25)12-29-15-9-7-14(8-10-15)23(27)28/h1-4,7-10,13H,5-6,11-12H2,(H,21,26)(H,22,24). The summed E-state index contributed by atoms with van der Waals surface area (Å²) in [7, 11) is 0. The largest absolute Gasteiger partial charge is 0.482 e. The Labute approximate surface area is 171 Å². The van der Waals surface area contributed by atoms with Gasteiger partial charge in [-0.25, -0.2) is 4.79 Å². The highest BCUT2D eigenvalue weighted by Gasteiger charge is 2.25. The number of nitrogens with one attached hydrogen (secondary N) is 2. The Morgan fingerprint density at radius 1 is 1.03 bits per heavy atom. The molecule has 1 aliphatic rings. The zero-order chi connectivity index (χ0) is 21.5. The predicted molar refractivity (Wildman–Crippen MR) is 105 cm³/mol. The molecule has 0 atom stereocenters. The summed E-state index contributed by atoms with van der Waals surface area (Å²) in [5.41, 5.74) is 0.539. The number of para-hydroxylation sites is 1. The number of hydrogen-bond acceptors (Lipinski definition) is 7. The van der Waals surface area contributed by atoms with Crippen molar-refractivity contribution in [2.45, 2.75) is 18.9 Å². The summed E-state index contributed by atoms with van der Waals surface area (Å²) >= 11 is 0. The summed E-state index contributed by atoms with van der Waals surface area (Å²) in [6.07, 6.45) is 1.89. The molecule has 0 unspecified atom stereocenters. The van der Waals surface area contributed by atoms with Gasteiger partial charge in [-0.2, -0.15) is 0 Å². The number of nitro benzene ring substituents is 1. The van der Waals surface area contributed by atoms with E-state index >= 15 is 0 Å². The van der Waals surface area contributed by atoms with Crippen molar-refractivity contribution in [1.82, 2.24) is 5.32 Å². The predicted octanol–water partition coefficient (Wildman–Crippen LogP) is 2.05. The Morgan fingerprint density at radius 2 is 1.73 bits per heavy atom. The molecule has 10 nitrogen and oxygen atoms in total. The number of amides is 2. The highest BCUT2D eigenvalue weighted by Crippen LogP contribution is 2.21. The Morgan fingerprint density at radius 3 is 2.40 bits per heavy atom. The minimum Gasteiger partial charge on any atom is -0.482 e. The van der Waals surface area contributed by atoms with E-state index in [-0.39, 0.29) is 23.4 Å². The van der Waals surface area contributed by atoms with Gasteiger partial charge in [-0.15, -0.1) is 0 Å². The molecule has 2 amide bonds. The molecule has 3 rings (SSSR count). The second kappa shape index (κ2) is 9.50. The maximum atomic E-state index is 12.2. The summed E-state index contributed by atoms with van der Waals surface area (Å²) in [4.78, 5) is 46.1. The molecular formula is C20H19N3O7. The lowest BCUT2D eigenvalue weighted by atomic mass is 10.1. The number of nitro groups is 1. The van der Waals surface area contributed by atoms with Crippen molar-refractivity contribution in [2.24, 2.45) is 0 Å². The van der Waals surface area contributed by atoms with Gasteiger partial charge in [0.2, 0.25) is 0 Å². The fraction of sp³-hybridized carbons (Fsp3) is 0.250. The van der Waals surface area contributed by atoms with Crippen LogP contribution in [-0.2, 0) is 14.3 Å².